The van der Waals surface area contributed by atoms with Crippen LogP contribution in [0.15, 0.2) is 59.8 Å². The maximum atomic E-state index is 13.4. The summed E-state index contributed by atoms with van der Waals surface area (Å²) in [6, 6.07) is 0. The fourth-order valence-corrected chi connectivity index (χ4v) is 8.20. The topological polar surface area (TPSA) is 234 Å². The van der Waals surface area contributed by atoms with Crippen LogP contribution in [0.2, 0.25) is 0 Å². The number of aliphatic hydroxyl groups excluding tert-OH is 3. The highest BCUT2D eigenvalue weighted by Gasteiger charge is 2.59. The molecule has 16 nitrogen and oxygen atoms in total. The molecule has 0 aromatic rings. The van der Waals surface area contributed by atoms with Gasteiger partial charge in [-0.1, -0.05) is 77.0 Å². The molecule has 0 aliphatic carbocycles. The summed E-state index contributed by atoms with van der Waals surface area (Å²) in [6.45, 7) is 9.92. The number of carbonyl (C=O) groups is 4. The molecule has 0 amide bonds. The first-order valence-electron chi connectivity index (χ1n) is 21.0. The number of esters is 4. The van der Waals surface area contributed by atoms with E-state index in [0.29, 0.717) is 5.57 Å². The molecule has 0 radical (unpaired) electrons. The van der Waals surface area contributed by atoms with Crippen LogP contribution in [0.25, 0.3) is 0 Å². The van der Waals surface area contributed by atoms with Crippen LogP contribution in [0.4, 0.5) is 0 Å². The van der Waals surface area contributed by atoms with Gasteiger partial charge in [-0.3, -0.25) is 4.79 Å². The van der Waals surface area contributed by atoms with Crippen molar-refractivity contribution in [1.29, 1.82) is 0 Å². The first-order chi connectivity index (χ1) is 28.6. The number of carbonyl (C=O) groups excluding carboxylic acids is 4. The van der Waals surface area contributed by atoms with Gasteiger partial charge in [-0.15, -0.1) is 0 Å². The second kappa shape index (κ2) is 21.1. The summed E-state index contributed by atoms with van der Waals surface area (Å²) in [7, 11) is 2.41. The summed E-state index contributed by atoms with van der Waals surface area (Å²) >= 11 is 0. The van der Waals surface area contributed by atoms with Gasteiger partial charge in [0.25, 0.3) is 0 Å². The quantitative estimate of drug-likeness (QED) is 0.0770. The molecule has 4 aliphatic rings. The highest BCUT2D eigenvalue weighted by molar-refractivity contribution is 5.84. The molecule has 0 aromatic heterocycles. The first kappa shape index (κ1) is 49.9. The normalized spacial score (nSPS) is 37.1. The van der Waals surface area contributed by atoms with E-state index < -0.39 is 108 Å². The van der Waals surface area contributed by atoms with Gasteiger partial charge in [-0.2, -0.15) is 0 Å². The van der Waals surface area contributed by atoms with Crippen molar-refractivity contribution in [1.82, 2.24) is 0 Å². The van der Waals surface area contributed by atoms with Crippen molar-refractivity contribution in [3.8, 4) is 0 Å². The number of unbranched alkanes of at least 4 members (excludes halogenated alkanes) is 1. The molecule has 3 fully saturated rings. The van der Waals surface area contributed by atoms with Crippen molar-refractivity contribution in [2.24, 2.45) is 10.8 Å². The van der Waals surface area contributed by atoms with Crippen LogP contribution < -0.4 is 0 Å². The molecule has 16 heteroatoms. The van der Waals surface area contributed by atoms with Crippen molar-refractivity contribution in [3.63, 3.8) is 0 Å². The SMILES string of the molecule is CCC/C=C/C=C/C(=O)O[C@H]1/C(=C/C(=O)OC)C[C@H]2C[C@H]([C@@H](C)O)OC(=O)C[C@H](O)C[C@@H]3C[C@H](O)C(C)(C)[C@](O)(C[C@@H]4C/C(=C/C(=O)OC)C[C@H](/C=C\C(C)(C)[C@]1(O)O2)O4)O3. The number of rotatable bonds is 8. The molecule has 5 N–H and O–H groups in total. The molecule has 0 aromatic carbocycles. The first-order valence-corrected chi connectivity index (χ1v) is 21.0. The van der Waals surface area contributed by atoms with Crippen LogP contribution in [0.3, 0.4) is 0 Å². The molecule has 61 heavy (non-hydrogen) atoms. The van der Waals surface area contributed by atoms with Crippen LogP contribution in [0.5, 0.6) is 0 Å². The van der Waals surface area contributed by atoms with Gasteiger partial charge in [0.15, 0.2) is 11.9 Å². The Morgan fingerprint density at radius 3 is 2.23 bits per heavy atom. The summed E-state index contributed by atoms with van der Waals surface area (Å²) in [4.78, 5) is 52.0. The van der Waals surface area contributed by atoms with E-state index in [1.807, 2.05) is 13.0 Å². The van der Waals surface area contributed by atoms with Crippen molar-refractivity contribution < 1.29 is 77.9 Å². The molecule has 4 aliphatic heterocycles. The van der Waals surface area contributed by atoms with E-state index in [0.717, 1.165) is 18.9 Å². The van der Waals surface area contributed by atoms with E-state index in [4.69, 9.17) is 33.2 Å². The molecule has 4 rings (SSSR count). The lowest BCUT2D eigenvalue weighted by Crippen LogP contribution is -2.62. The number of cyclic esters (lactones) is 1. The molecular formula is C45H66O16. The zero-order valence-electron chi connectivity index (χ0n) is 36.6. The Hall–Kier alpha value is -3.74. The van der Waals surface area contributed by atoms with Gasteiger partial charge in [0.05, 0.1) is 63.4 Å². The molecule has 0 spiro atoms. The summed E-state index contributed by atoms with van der Waals surface area (Å²) in [5.41, 5.74) is -2.00. The monoisotopic (exact) mass is 862 g/mol. The lowest BCUT2D eigenvalue weighted by molar-refractivity contribution is -0.348. The predicted molar refractivity (Wildman–Crippen MR) is 219 cm³/mol. The molecule has 4 heterocycles. The van der Waals surface area contributed by atoms with E-state index in [1.165, 1.54) is 39.4 Å². The van der Waals surface area contributed by atoms with Gasteiger partial charge in [-0.05, 0) is 38.2 Å². The smallest absolute Gasteiger partial charge is 0.331 e. The maximum Gasteiger partial charge on any atom is 0.331 e. The number of aliphatic hydroxyl groups is 5. The molecule has 0 unspecified atom stereocenters. The lowest BCUT2D eigenvalue weighted by atomic mass is 9.70. The van der Waals surface area contributed by atoms with Crippen molar-refractivity contribution in [2.75, 3.05) is 14.2 Å². The standard InChI is InChI=1S/C45H66O16/c1-9-10-11-12-13-14-37(49)59-41-29(21-39(51)56-8)20-32-24-35(27(2)46)58-40(52)23-30(47)22-33-25-36(48)43(5,6)44(53,60-33)26-34-18-28(19-38(50)55-7)17-31(57-34)15-16-42(3,4)45(41,54)61-32/h11-16,19,21,27,30-36,41,46-48,53-54H,9-10,17-18,20,22-26H2,1-8H3/b12-11+,14-13+,16-15-,28-19+,29-21+/t27-,30-,31+,32+,33-,34+,35-,36+,41+,44+,45-/m1/s1. The Bertz CT molecular complexity index is 1710. The second-order valence-electron chi connectivity index (χ2n) is 17.7. The van der Waals surface area contributed by atoms with Gasteiger partial charge in [0.2, 0.25) is 5.79 Å². The van der Waals surface area contributed by atoms with Gasteiger partial charge < -0.3 is 58.7 Å². The van der Waals surface area contributed by atoms with E-state index in [9.17, 15) is 44.7 Å². The van der Waals surface area contributed by atoms with Crippen molar-refractivity contribution in [2.45, 2.75) is 172 Å². The second-order valence-corrected chi connectivity index (χ2v) is 17.7. The summed E-state index contributed by atoms with van der Waals surface area (Å²) in [5, 5.41) is 58.3. The van der Waals surface area contributed by atoms with Crippen molar-refractivity contribution in [3.05, 3.63) is 59.8 Å². The Morgan fingerprint density at radius 2 is 1.57 bits per heavy atom. The molecule has 11 atom stereocenters. The van der Waals surface area contributed by atoms with E-state index in [1.54, 1.807) is 45.9 Å². The van der Waals surface area contributed by atoms with Crippen LogP contribution in [-0.2, 0) is 52.3 Å². The summed E-state index contributed by atoms with van der Waals surface area (Å²) < 4.78 is 40.7. The molecule has 3 saturated heterocycles. The fourth-order valence-electron chi connectivity index (χ4n) is 8.20. The average Bonchev–Trinajstić information content (AvgIpc) is 3.16. The number of hydrogen-bond acceptors (Lipinski definition) is 16. The lowest BCUT2D eigenvalue weighted by Gasteiger charge is -2.53. The van der Waals surface area contributed by atoms with Crippen LogP contribution in [-0.4, -0.2) is 130 Å². The zero-order valence-corrected chi connectivity index (χ0v) is 36.6. The number of methoxy groups -OCH3 is 2. The number of ether oxygens (including phenoxy) is 7. The molecule has 0 saturated carbocycles. The number of allylic oxidation sites excluding steroid dienone is 3. The van der Waals surface area contributed by atoms with Gasteiger partial charge >= 0.3 is 23.9 Å². The Kier molecular flexibility index (Phi) is 17.3. The maximum absolute atomic E-state index is 13.4. The molecule has 6 bridgehead atoms. The van der Waals surface area contributed by atoms with Gasteiger partial charge in [0, 0.05) is 54.7 Å². The zero-order chi connectivity index (χ0) is 45.3. The Balaban J connectivity index is 1.87. The minimum atomic E-state index is -2.45. The average molecular weight is 863 g/mol. The van der Waals surface area contributed by atoms with Crippen LogP contribution in [0, 0.1) is 10.8 Å². The van der Waals surface area contributed by atoms with Crippen molar-refractivity contribution >= 4 is 23.9 Å². The van der Waals surface area contributed by atoms with E-state index in [-0.39, 0.29) is 50.5 Å². The highest BCUT2D eigenvalue weighted by Crippen LogP contribution is 2.49. The minimum absolute atomic E-state index is 0.0448. The summed E-state index contributed by atoms with van der Waals surface area (Å²) in [6.07, 6.45) is 2.75. The minimum Gasteiger partial charge on any atom is -0.466 e. The third-order valence-corrected chi connectivity index (χ3v) is 12.1. The van der Waals surface area contributed by atoms with Gasteiger partial charge in [0.1, 0.15) is 6.10 Å². The number of fused-ring (bicyclic) bond motifs is 6. The summed E-state index contributed by atoms with van der Waals surface area (Å²) in [5.74, 6) is -7.61. The molecule has 342 valence electrons. The van der Waals surface area contributed by atoms with Gasteiger partial charge in [-0.25, -0.2) is 14.4 Å². The van der Waals surface area contributed by atoms with Crippen LogP contribution >= 0.6 is 0 Å². The van der Waals surface area contributed by atoms with E-state index in [2.05, 4.69) is 0 Å². The number of hydrogen-bond donors (Lipinski definition) is 5. The molecular weight excluding hydrogens is 796 g/mol. The third kappa shape index (κ3) is 12.7. The Labute approximate surface area is 358 Å². The highest BCUT2D eigenvalue weighted by atomic mass is 16.7. The third-order valence-electron chi connectivity index (χ3n) is 12.1. The van der Waals surface area contributed by atoms with Crippen LogP contribution in [0.1, 0.15) is 106 Å². The Morgan fingerprint density at radius 1 is 0.885 bits per heavy atom. The van der Waals surface area contributed by atoms with E-state index >= 15 is 0 Å². The fraction of sp³-hybridized carbons (Fsp3) is 0.689. The predicted octanol–water partition coefficient (Wildman–Crippen LogP) is 3.71. The largest absolute Gasteiger partial charge is 0.466 e.